The molecule has 2 aromatic rings. The standard InChI is InChI=1S/C13H13N3O3/c1-19-10-4-2-9(3-5-10)8-14-12-7-6-11(13(17)18)15-16-12/h2-7H,8H2,1H3,(H,14,16)(H,17,18). The second kappa shape index (κ2) is 5.81. The fourth-order valence-corrected chi connectivity index (χ4v) is 1.48. The number of carbonyl (C=O) groups is 1. The van der Waals surface area contributed by atoms with Gasteiger partial charge in [0.05, 0.1) is 7.11 Å². The molecule has 0 atom stereocenters. The van der Waals surface area contributed by atoms with Crippen LogP contribution < -0.4 is 10.1 Å². The van der Waals surface area contributed by atoms with E-state index in [2.05, 4.69) is 15.5 Å². The van der Waals surface area contributed by atoms with Gasteiger partial charge in [-0.05, 0) is 29.8 Å². The first-order chi connectivity index (χ1) is 9.19. The van der Waals surface area contributed by atoms with E-state index in [0.29, 0.717) is 12.4 Å². The smallest absolute Gasteiger partial charge is 0.356 e. The molecule has 0 aliphatic carbocycles. The highest BCUT2D eigenvalue weighted by molar-refractivity contribution is 5.85. The Morgan fingerprint density at radius 3 is 2.47 bits per heavy atom. The molecule has 6 heteroatoms. The van der Waals surface area contributed by atoms with E-state index in [1.165, 1.54) is 6.07 Å². The van der Waals surface area contributed by atoms with Crippen LogP contribution in [-0.2, 0) is 6.54 Å². The number of hydrogen-bond donors (Lipinski definition) is 2. The van der Waals surface area contributed by atoms with Crippen molar-refractivity contribution in [1.82, 2.24) is 10.2 Å². The van der Waals surface area contributed by atoms with Crippen LogP contribution in [0, 0.1) is 0 Å². The van der Waals surface area contributed by atoms with E-state index >= 15 is 0 Å². The molecule has 0 aliphatic heterocycles. The van der Waals surface area contributed by atoms with Crippen LogP contribution in [0.3, 0.4) is 0 Å². The predicted molar refractivity (Wildman–Crippen MR) is 69.3 cm³/mol. The average molecular weight is 259 g/mol. The van der Waals surface area contributed by atoms with E-state index in [9.17, 15) is 4.79 Å². The lowest BCUT2D eigenvalue weighted by Gasteiger charge is -2.06. The first kappa shape index (κ1) is 12.8. The second-order valence-corrected chi connectivity index (χ2v) is 3.81. The number of carboxylic acid groups (broad SMARTS) is 1. The summed E-state index contributed by atoms with van der Waals surface area (Å²) in [7, 11) is 1.62. The molecule has 1 aromatic carbocycles. The molecule has 1 heterocycles. The Morgan fingerprint density at radius 2 is 1.95 bits per heavy atom. The number of nitrogens with one attached hydrogen (secondary N) is 1. The van der Waals surface area contributed by atoms with Gasteiger partial charge in [0.25, 0.3) is 0 Å². The molecule has 2 rings (SSSR count). The van der Waals surface area contributed by atoms with Gasteiger partial charge in [-0.25, -0.2) is 4.79 Å². The molecule has 0 unspecified atom stereocenters. The maximum Gasteiger partial charge on any atom is 0.356 e. The largest absolute Gasteiger partial charge is 0.497 e. The fraction of sp³-hybridized carbons (Fsp3) is 0.154. The second-order valence-electron chi connectivity index (χ2n) is 3.81. The Kier molecular flexibility index (Phi) is 3.92. The molecule has 0 aliphatic rings. The number of nitrogens with zero attached hydrogens (tertiary/aromatic N) is 2. The Labute approximate surface area is 110 Å². The zero-order chi connectivity index (χ0) is 13.7. The number of carboxylic acids is 1. The number of ether oxygens (including phenoxy) is 1. The molecule has 0 fully saturated rings. The summed E-state index contributed by atoms with van der Waals surface area (Å²) in [5.41, 5.74) is 0.986. The van der Waals surface area contributed by atoms with E-state index in [0.717, 1.165) is 11.3 Å². The maximum absolute atomic E-state index is 10.6. The molecule has 1 aromatic heterocycles. The molecule has 2 N–H and O–H groups in total. The van der Waals surface area contributed by atoms with Crippen molar-refractivity contribution in [2.24, 2.45) is 0 Å². The number of aromatic nitrogens is 2. The van der Waals surface area contributed by atoms with Crippen LogP contribution in [0.4, 0.5) is 5.82 Å². The summed E-state index contributed by atoms with van der Waals surface area (Å²) in [5.74, 6) is 0.240. The minimum absolute atomic E-state index is 0.0741. The van der Waals surface area contributed by atoms with Crippen molar-refractivity contribution >= 4 is 11.8 Å². The van der Waals surface area contributed by atoms with Crippen LogP contribution in [0.2, 0.25) is 0 Å². The zero-order valence-corrected chi connectivity index (χ0v) is 10.3. The van der Waals surface area contributed by atoms with Crippen LogP contribution in [0.15, 0.2) is 36.4 Å². The van der Waals surface area contributed by atoms with Crippen LogP contribution in [0.5, 0.6) is 5.75 Å². The number of hydrogen-bond acceptors (Lipinski definition) is 5. The monoisotopic (exact) mass is 259 g/mol. The Morgan fingerprint density at radius 1 is 1.21 bits per heavy atom. The summed E-state index contributed by atoms with van der Waals surface area (Å²) in [5, 5.41) is 19.1. The molecular weight excluding hydrogens is 246 g/mol. The van der Waals surface area contributed by atoms with E-state index < -0.39 is 5.97 Å². The number of aromatic carboxylic acids is 1. The van der Waals surface area contributed by atoms with Crippen molar-refractivity contribution in [3.05, 3.63) is 47.7 Å². The lowest BCUT2D eigenvalue weighted by molar-refractivity contribution is 0.0689. The molecule has 0 saturated heterocycles. The van der Waals surface area contributed by atoms with Crippen molar-refractivity contribution in [3.63, 3.8) is 0 Å². The van der Waals surface area contributed by atoms with Gasteiger partial charge in [0.2, 0.25) is 0 Å². The minimum atomic E-state index is -1.09. The quantitative estimate of drug-likeness (QED) is 0.851. The Balaban J connectivity index is 1.95. The van der Waals surface area contributed by atoms with Crippen molar-refractivity contribution in [2.75, 3.05) is 12.4 Å². The summed E-state index contributed by atoms with van der Waals surface area (Å²) in [4.78, 5) is 10.6. The number of methoxy groups -OCH3 is 1. The minimum Gasteiger partial charge on any atom is -0.497 e. The highest BCUT2D eigenvalue weighted by Crippen LogP contribution is 2.12. The lowest BCUT2D eigenvalue weighted by Crippen LogP contribution is -2.06. The van der Waals surface area contributed by atoms with Gasteiger partial charge in [0.1, 0.15) is 11.6 Å². The van der Waals surface area contributed by atoms with Gasteiger partial charge in [0, 0.05) is 6.54 Å². The first-order valence-electron chi connectivity index (χ1n) is 5.63. The summed E-state index contributed by atoms with van der Waals surface area (Å²) in [6, 6.07) is 10.6. The average Bonchev–Trinajstić information content (AvgIpc) is 2.46. The molecule has 0 saturated carbocycles. The molecule has 98 valence electrons. The maximum atomic E-state index is 10.6. The number of benzene rings is 1. The highest BCUT2D eigenvalue weighted by atomic mass is 16.5. The molecule has 19 heavy (non-hydrogen) atoms. The van der Waals surface area contributed by atoms with Crippen molar-refractivity contribution < 1.29 is 14.6 Å². The van der Waals surface area contributed by atoms with Crippen LogP contribution in [0.25, 0.3) is 0 Å². The van der Waals surface area contributed by atoms with Crippen molar-refractivity contribution in [3.8, 4) is 5.75 Å². The Hall–Kier alpha value is -2.63. The summed E-state index contributed by atoms with van der Waals surface area (Å²) < 4.78 is 5.07. The van der Waals surface area contributed by atoms with E-state index in [1.807, 2.05) is 24.3 Å². The van der Waals surface area contributed by atoms with E-state index in [4.69, 9.17) is 9.84 Å². The highest BCUT2D eigenvalue weighted by Gasteiger charge is 2.04. The van der Waals surface area contributed by atoms with Crippen molar-refractivity contribution in [2.45, 2.75) is 6.54 Å². The van der Waals surface area contributed by atoms with Gasteiger partial charge in [-0.1, -0.05) is 12.1 Å². The number of anilines is 1. The van der Waals surface area contributed by atoms with Crippen LogP contribution in [-0.4, -0.2) is 28.4 Å². The SMILES string of the molecule is COc1ccc(CNc2ccc(C(=O)O)nn2)cc1. The molecule has 0 radical (unpaired) electrons. The van der Waals surface area contributed by atoms with Crippen LogP contribution in [0.1, 0.15) is 16.1 Å². The molecule has 6 nitrogen and oxygen atoms in total. The van der Waals surface area contributed by atoms with Gasteiger partial charge in [-0.15, -0.1) is 10.2 Å². The molecular formula is C13H13N3O3. The first-order valence-corrected chi connectivity index (χ1v) is 5.63. The van der Waals surface area contributed by atoms with Gasteiger partial charge in [-0.2, -0.15) is 0 Å². The van der Waals surface area contributed by atoms with Gasteiger partial charge >= 0.3 is 5.97 Å². The lowest BCUT2D eigenvalue weighted by atomic mass is 10.2. The molecule has 0 bridgehead atoms. The molecule has 0 spiro atoms. The zero-order valence-electron chi connectivity index (χ0n) is 10.3. The normalized spacial score (nSPS) is 9.95. The van der Waals surface area contributed by atoms with E-state index in [-0.39, 0.29) is 5.69 Å². The number of rotatable bonds is 5. The van der Waals surface area contributed by atoms with E-state index in [1.54, 1.807) is 13.2 Å². The predicted octanol–water partition coefficient (Wildman–Crippen LogP) is 1.80. The fourth-order valence-electron chi connectivity index (χ4n) is 1.48. The van der Waals surface area contributed by atoms with Crippen molar-refractivity contribution in [1.29, 1.82) is 0 Å². The summed E-state index contributed by atoms with van der Waals surface area (Å²) >= 11 is 0. The summed E-state index contributed by atoms with van der Waals surface area (Å²) in [6.07, 6.45) is 0. The van der Waals surface area contributed by atoms with Crippen LogP contribution >= 0.6 is 0 Å². The third kappa shape index (κ3) is 3.41. The van der Waals surface area contributed by atoms with Gasteiger partial charge in [0.15, 0.2) is 5.69 Å². The summed E-state index contributed by atoms with van der Waals surface area (Å²) in [6.45, 7) is 0.574. The third-order valence-corrected chi connectivity index (χ3v) is 2.52. The van der Waals surface area contributed by atoms with Gasteiger partial charge in [-0.3, -0.25) is 0 Å². The topological polar surface area (TPSA) is 84.3 Å². The van der Waals surface area contributed by atoms with Gasteiger partial charge < -0.3 is 15.2 Å². The molecule has 0 amide bonds. The third-order valence-electron chi connectivity index (χ3n) is 2.52. The Bertz CT molecular complexity index is 552.